The maximum atomic E-state index is 12.6. The zero-order valence-electron chi connectivity index (χ0n) is 12.8. The minimum Gasteiger partial charge on any atom is -0.354 e. The van der Waals surface area contributed by atoms with Crippen molar-refractivity contribution in [2.24, 2.45) is 11.8 Å². The summed E-state index contributed by atoms with van der Waals surface area (Å²) in [5, 5.41) is 2.92. The van der Waals surface area contributed by atoms with E-state index in [4.69, 9.17) is 0 Å². The summed E-state index contributed by atoms with van der Waals surface area (Å²) in [6, 6.07) is 2.41. The van der Waals surface area contributed by atoms with E-state index in [9.17, 15) is 18.0 Å². The monoisotopic (exact) mass is 315 g/mol. The Morgan fingerprint density at radius 3 is 2.50 bits per heavy atom. The van der Waals surface area contributed by atoms with Gasteiger partial charge in [-0.15, -0.1) is 0 Å². The molecule has 1 aliphatic rings. The van der Waals surface area contributed by atoms with Crippen LogP contribution < -0.4 is 10.2 Å². The third kappa shape index (κ3) is 3.69. The van der Waals surface area contributed by atoms with Crippen LogP contribution in [0.4, 0.5) is 19.0 Å². The molecule has 1 N–H and O–H groups in total. The number of hydrogen-bond donors (Lipinski definition) is 1. The van der Waals surface area contributed by atoms with Gasteiger partial charge in [-0.2, -0.15) is 13.2 Å². The Morgan fingerprint density at radius 1 is 1.36 bits per heavy atom. The number of hydrogen-bond acceptors (Lipinski definition) is 3. The van der Waals surface area contributed by atoms with Gasteiger partial charge in [-0.3, -0.25) is 4.79 Å². The molecule has 1 saturated heterocycles. The van der Waals surface area contributed by atoms with E-state index in [2.05, 4.69) is 24.1 Å². The van der Waals surface area contributed by atoms with Gasteiger partial charge in [-0.1, -0.05) is 13.8 Å². The quantitative estimate of drug-likeness (QED) is 0.933. The molecule has 0 aromatic carbocycles. The molecule has 1 fully saturated rings. The third-order valence-electron chi connectivity index (χ3n) is 4.01. The second kappa shape index (κ2) is 6.14. The first-order chi connectivity index (χ1) is 10.2. The molecular weight excluding hydrogens is 295 g/mol. The highest BCUT2D eigenvalue weighted by molar-refractivity contribution is 5.73. The van der Waals surface area contributed by atoms with Crippen molar-refractivity contribution in [2.45, 2.75) is 33.0 Å². The first-order valence-electron chi connectivity index (χ1n) is 7.23. The predicted molar refractivity (Wildman–Crippen MR) is 77.4 cm³/mol. The van der Waals surface area contributed by atoms with Crippen LogP contribution in [0.25, 0.3) is 0 Å². The van der Waals surface area contributed by atoms with Crippen LogP contribution in [-0.2, 0) is 11.0 Å². The molecule has 1 aliphatic heterocycles. The molecule has 1 aromatic heterocycles. The van der Waals surface area contributed by atoms with Crippen molar-refractivity contribution < 1.29 is 18.0 Å². The van der Waals surface area contributed by atoms with Crippen LogP contribution in [0.2, 0.25) is 0 Å². The van der Waals surface area contributed by atoms with Gasteiger partial charge in [0, 0.05) is 32.1 Å². The van der Waals surface area contributed by atoms with Gasteiger partial charge in [-0.05, 0) is 18.1 Å². The second-order valence-electron chi connectivity index (χ2n) is 6.02. The number of rotatable bonds is 3. The van der Waals surface area contributed by atoms with E-state index in [-0.39, 0.29) is 17.9 Å². The summed E-state index contributed by atoms with van der Waals surface area (Å²) in [6.07, 6.45) is -3.53. The van der Waals surface area contributed by atoms with E-state index in [1.165, 1.54) is 13.0 Å². The number of carbonyl (C=O) groups excluding carboxylic acids is 1. The fraction of sp³-hybridized carbons (Fsp3) is 0.600. The standard InChI is InChI=1S/C15H20F3N3O/c1-9(2)12-7-21(8-13(12)20-10(3)22)14-5-4-11(6-19-14)15(16,17)18/h4-6,9,12-13H,7-8H2,1-3H3,(H,20,22)/t12-,13+/m0/s1. The lowest BCUT2D eigenvalue weighted by Crippen LogP contribution is -2.40. The van der Waals surface area contributed by atoms with E-state index in [0.717, 1.165) is 12.3 Å². The zero-order valence-corrected chi connectivity index (χ0v) is 12.8. The van der Waals surface area contributed by atoms with Gasteiger partial charge in [0.2, 0.25) is 5.91 Å². The molecule has 0 spiro atoms. The van der Waals surface area contributed by atoms with Gasteiger partial charge in [0.25, 0.3) is 0 Å². The van der Waals surface area contributed by atoms with Crippen molar-refractivity contribution in [1.82, 2.24) is 10.3 Å². The normalized spacial score (nSPS) is 22.2. The third-order valence-corrected chi connectivity index (χ3v) is 4.01. The van der Waals surface area contributed by atoms with Gasteiger partial charge in [0.1, 0.15) is 5.82 Å². The number of nitrogens with one attached hydrogen (secondary N) is 1. The molecule has 0 unspecified atom stereocenters. The Kier molecular flexibility index (Phi) is 4.63. The van der Waals surface area contributed by atoms with Gasteiger partial charge >= 0.3 is 6.18 Å². The summed E-state index contributed by atoms with van der Waals surface area (Å²) in [5.74, 6) is 1.01. The smallest absolute Gasteiger partial charge is 0.354 e. The average Bonchev–Trinajstić information content (AvgIpc) is 2.81. The van der Waals surface area contributed by atoms with Crippen LogP contribution >= 0.6 is 0 Å². The molecule has 7 heteroatoms. The Morgan fingerprint density at radius 2 is 2.05 bits per heavy atom. The summed E-state index contributed by atoms with van der Waals surface area (Å²) in [6.45, 7) is 6.84. The van der Waals surface area contributed by atoms with Crippen molar-refractivity contribution in [3.63, 3.8) is 0 Å². The Labute approximate surface area is 127 Å². The van der Waals surface area contributed by atoms with Crippen LogP contribution in [0.15, 0.2) is 18.3 Å². The molecule has 0 radical (unpaired) electrons. The molecule has 4 nitrogen and oxygen atoms in total. The zero-order chi connectivity index (χ0) is 16.5. The minimum atomic E-state index is -4.38. The molecule has 0 aliphatic carbocycles. The SMILES string of the molecule is CC(=O)N[C@@H]1CN(c2ccc(C(F)(F)F)cn2)C[C@H]1C(C)C. The topological polar surface area (TPSA) is 45.2 Å². The van der Waals surface area contributed by atoms with E-state index < -0.39 is 11.7 Å². The maximum Gasteiger partial charge on any atom is 0.417 e. The molecule has 2 atom stereocenters. The van der Waals surface area contributed by atoms with Gasteiger partial charge in [0.15, 0.2) is 0 Å². The van der Waals surface area contributed by atoms with E-state index in [1.54, 1.807) is 0 Å². The predicted octanol–water partition coefficient (Wildman–Crippen LogP) is 2.70. The molecule has 1 aromatic rings. The van der Waals surface area contributed by atoms with Crippen LogP contribution in [-0.4, -0.2) is 30.0 Å². The molecular formula is C15H20F3N3O. The number of halogens is 3. The molecule has 0 saturated carbocycles. The van der Waals surface area contributed by atoms with E-state index >= 15 is 0 Å². The number of amides is 1. The first kappa shape index (κ1) is 16.6. The van der Waals surface area contributed by atoms with Crippen LogP contribution in [0, 0.1) is 11.8 Å². The van der Waals surface area contributed by atoms with Crippen molar-refractivity contribution in [1.29, 1.82) is 0 Å². The molecule has 2 heterocycles. The molecule has 1 amide bonds. The van der Waals surface area contributed by atoms with Crippen molar-refractivity contribution >= 4 is 11.7 Å². The molecule has 122 valence electrons. The van der Waals surface area contributed by atoms with Crippen molar-refractivity contribution in [3.8, 4) is 0 Å². The molecule has 2 rings (SSSR count). The first-order valence-corrected chi connectivity index (χ1v) is 7.23. The molecule has 22 heavy (non-hydrogen) atoms. The summed E-state index contributed by atoms with van der Waals surface area (Å²) in [7, 11) is 0. The highest BCUT2D eigenvalue weighted by Crippen LogP contribution is 2.31. The number of anilines is 1. The fourth-order valence-corrected chi connectivity index (χ4v) is 2.85. The summed E-state index contributed by atoms with van der Waals surface area (Å²) in [5.41, 5.74) is -0.755. The second-order valence-corrected chi connectivity index (χ2v) is 6.02. The van der Waals surface area contributed by atoms with Crippen LogP contribution in [0.5, 0.6) is 0 Å². The highest BCUT2D eigenvalue weighted by atomic mass is 19.4. The average molecular weight is 315 g/mol. The number of nitrogens with zero attached hydrogens (tertiary/aromatic N) is 2. The number of pyridine rings is 1. The van der Waals surface area contributed by atoms with Crippen LogP contribution in [0.1, 0.15) is 26.3 Å². The Balaban J connectivity index is 2.14. The maximum absolute atomic E-state index is 12.6. The Hall–Kier alpha value is -1.79. The highest BCUT2D eigenvalue weighted by Gasteiger charge is 2.36. The van der Waals surface area contributed by atoms with E-state index in [0.29, 0.717) is 24.8 Å². The number of alkyl halides is 3. The lowest BCUT2D eigenvalue weighted by atomic mass is 9.91. The number of carbonyl (C=O) groups is 1. The summed E-state index contributed by atoms with van der Waals surface area (Å²) in [4.78, 5) is 17.1. The van der Waals surface area contributed by atoms with Crippen molar-refractivity contribution in [2.75, 3.05) is 18.0 Å². The van der Waals surface area contributed by atoms with Gasteiger partial charge in [0.05, 0.1) is 11.6 Å². The van der Waals surface area contributed by atoms with Gasteiger partial charge in [-0.25, -0.2) is 4.98 Å². The fourth-order valence-electron chi connectivity index (χ4n) is 2.85. The lowest BCUT2D eigenvalue weighted by molar-refractivity contribution is -0.137. The lowest BCUT2D eigenvalue weighted by Gasteiger charge is -2.21. The van der Waals surface area contributed by atoms with Crippen molar-refractivity contribution in [3.05, 3.63) is 23.9 Å². The summed E-state index contributed by atoms with van der Waals surface area (Å²) >= 11 is 0. The number of aromatic nitrogens is 1. The van der Waals surface area contributed by atoms with Gasteiger partial charge < -0.3 is 10.2 Å². The van der Waals surface area contributed by atoms with Crippen LogP contribution in [0.3, 0.4) is 0 Å². The Bertz CT molecular complexity index is 528. The largest absolute Gasteiger partial charge is 0.417 e. The van der Waals surface area contributed by atoms with E-state index in [1.807, 2.05) is 4.90 Å². The molecule has 0 bridgehead atoms. The minimum absolute atomic E-state index is 0.0124. The summed E-state index contributed by atoms with van der Waals surface area (Å²) < 4.78 is 37.7.